The molecule has 17 heavy (non-hydrogen) atoms. The van der Waals surface area contributed by atoms with Crippen LogP contribution in [0.4, 0.5) is 0 Å². The molecular formula is C10H7CrO5P. The van der Waals surface area contributed by atoms with E-state index in [1.165, 1.54) is 0 Å². The molecule has 0 saturated carbocycles. The Bertz CT molecular complexity index is 249. The van der Waals surface area contributed by atoms with Crippen LogP contribution in [0.5, 0.6) is 0 Å². The first-order chi connectivity index (χ1) is 7.89. The van der Waals surface area contributed by atoms with Crippen LogP contribution in [-0.2, 0) is 47.3 Å². The minimum Gasteiger partial charge on any atom is 0 e. The van der Waals surface area contributed by atoms with E-state index >= 15 is 0 Å². The van der Waals surface area contributed by atoms with E-state index in [1.807, 2.05) is 0 Å². The normalized spacial score (nSPS) is 3.71. The predicted molar refractivity (Wildman–Crippen MR) is 49.8 cm³/mol. The molecule has 0 spiro atoms. The average Bonchev–Trinajstić information content (AvgIpc) is 2.92. The summed E-state index contributed by atoms with van der Waals surface area (Å²) < 4.78 is 37.5. The number of hydrogen-bond donors (Lipinski definition) is 0. The SMILES string of the molecule is Cp1cccc1.[C-]#[O+].[C-]#[O+].[C-]#[O+].[C-]#[O+].[C-]#[O+].[Cr]. The first-order valence-corrected chi connectivity index (χ1v) is 4.91. The fraction of sp³-hybridized carbons (Fsp3) is 0.100. The number of aryl methyl sites for hydroxylation is 1. The van der Waals surface area contributed by atoms with Crippen molar-refractivity contribution in [2.24, 2.45) is 6.66 Å². The second kappa shape index (κ2) is 81.5. The van der Waals surface area contributed by atoms with Gasteiger partial charge in [0.2, 0.25) is 0 Å². The summed E-state index contributed by atoms with van der Waals surface area (Å²) in [4.78, 5) is 0. The Balaban J connectivity index is -0.0000000242. The molecule has 0 radical (unpaired) electrons. The molecule has 7 heteroatoms. The fourth-order valence-corrected chi connectivity index (χ4v) is 1.26. The van der Waals surface area contributed by atoms with Crippen LogP contribution >= 0.6 is 7.53 Å². The molecule has 0 bridgehead atoms. The van der Waals surface area contributed by atoms with Crippen molar-refractivity contribution in [1.29, 1.82) is 0 Å². The third-order valence-electron chi connectivity index (χ3n) is 0.754. The zero-order valence-electron chi connectivity index (χ0n) is 8.71. The molecule has 5 nitrogen and oxygen atoms in total. The van der Waals surface area contributed by atoms with Crippen molar-refractivity contribution in [3.05, 3.63) is 57.0 Å². The molecule has 0 atom stereocenters. The molecule has 0 aromatic carbocycles. The van der Waals surface area contributed by atoms with E-state index in [0.717, 1.165) is 0 Å². The molecule has 1 aromatic heterocycles. The van der Waals surface area contributed by atoms with Crippen LogP contribution in [0.3, 0.4) is 0 Å². The molecule has 0 unspecified atom stereocenters. The maximum atomic E-state index is 7.50. The van der Waals surface area contributed by atoms with E-state index in [4.69, 9.17) is 23.3 Å². The van der Waals surface area contributed by atoms with Gasteiger partial charge >= 0.3 is 56.5 Å². The largest absolute Gasteiger partial charge is 0 e. The van der Waals surface area contributed by atoms with E-state index in [9.17, 15) is 0 Å². The van der Waals surface area contributed by atoms with E-state index in [2.05, 4.69) is 63.6 Å². The smallest absolute Gasteiger partial charge is 0 e. The zero-order chi connectivity index (χ0) is 14.4. The summed E-state index contributed by atoms with van der Waals surface area (Å²) in [6.07, 6.45) is 0. The Morgan fingerprint density at radius 1 is 0.647 bits per heavy atom. The molecule has 1 aromatic rings. The van der Waals surface area contributed by atoms with Gasteiger partial charge in [-0.2, -0.15) is 0 Å². The monoisotopic (exact) mass is 290 g/mol. The first-order valence-electron chi connectivity index (χ1n) is 2.98. The Morgan fingerprint density at radius 3 is 0.882 bits per heavy atom. The van der Waals surface area contributed by atoms with Crippen molar-refractivity contribution in [3.8, 4) is 0 Å². The van der Waals surface area contributed by atoms with Crippen molar-refractivity contribution in [3.63, 3.8) is 0 Å². The second-order valence-corrected chi connectivity index (χ2v) is 3.28. The quantitative estimate of drug-likeness (QED) is 0.515. The maximum Gasteiger partial charge on any atom is 0 e. The molecule has 1 heterocycles. The fourth-order valence-electron chi connectivity index (χ4n) is 0.421. The molecular weight excluding hydrogens is 283 g/mol. The van der Waals surface area contributed by atoms with E-state index in [0.29, 0.717) is 0 Å². The molecule has 0 aliphatic rings. The van der Waals surface area contributed by atoms with Gasteiger partial charge in [0.25, 0.3) is 0 Å². The Labute approximate surface area is 112 Å². The van der Waals surface area contributed by atoms with Crippen LogP contribution < -0.4 is 0 Å². The standard InChI is InChI=1S/C5H7P.5CO.Cr/c1-6-4-2-3-5-6;5*1-2;/h2-5H,1H3;;;;;;. The maximum absolute atomic E-state index is 7.50. The minimum atomic E-state index is 0. The molecule has 0 saturated heterocycles. The van der Waals surface area contributed by atoms with Crippen molar-refractivity contribution < 1.29 is 40.6 Å². The molecule has 0 aliphatic heterocycles. The van der Waals surface area contributed by atoms with Crippen LogP contribution in [0.1, 0.15) is 0 Å². The summed E-state index contributed by atoms with van der Waals surface area (Å²) >= 11 is 0. The van der Waals surface area contributed by atoms with E-state index in [-0.39, 0.29) is 24.9 Å². The number of hydrogen-bond acceptors (Lipinski definition) is 0. The Kier molecular flexibility index (Phi) is 173. The Morgan fingerprint density at radius 2 is 0.824 bits per heavy atom. The van der Waals surface area contributed by atoms with Crippen LogP contribution in [-0.4, -0.2) is 0 Å². The van der Waals surface area contributed by atoms with Crippen LogP contribution in [0.25, 0.3) is 0 Å². The summed E-state index contributed by atoms with van der Waals surface area (Å²) in [5.74, 6) is 4.46. The first kappa shape index (κ1) is 36.0. The third-order valence-corrected chi connectivity index (χ3v) is 2.04. The van der Waals surface area contributed by atoms with Crippen molar-refractivity contribution in [2.45, 2.75) is 0 Å². The van der Waals surface area contributed by atoms with E-state index < -0.39 is 0 Å². The van der Waals surface area contributed by atoms with Gasteiger partial charge in [-0.3, -0.25) is 0 Å². The van der Waals surface area contributed by atoms with Gasteiger partial charge in [0.15, 0.2) is 0 Å². The molecule has 0 aliphatic carbocycles. The Hall–Kier alpha value is -0.988. The molecule has 0 N–H and O–H groups in total. The molecule has 0 amide bonds. The van der Waals surface area contributed by atoms with Crippen molar-refractivity contribution >= 4 is 7.53 Å². The summed E-state index contributed by atoms with van der Waals surface area (Å²) in [7, 11) is 0.174. The third kappa shape index (κ3) is 70.3. The van der Waals surface area contributed by atoms with Crippen molar-refractivity contribution in [1.82, 2.24) is 0 Å². The van der Waals surface area contributed by atoms with Crippen LogP contribution in [0, 0.1) is 33.3 Å². The average molecular weight is 290 g/mol. The van der Waals surface area contributed by atoms with Crippen molar-refractivity contribution in [2.75, 3.05) is 0 Å². The molecule has 1 rings (SSSR count). The van der Waals surface area contributed by atoms with Gasteiger partial charge in [0.1, 0.15) is 0 Å². The summed E-state index contributed by atoms with van der Waals surface area (Å²) in [5, 5.41) is 0. The van der Waals surface area contributed by atoms with Crippen LogP contribution in [0.2, 0.25) is 0 Å². The van der Waals surface area contributed by atoms with E-state index in [1.54, 1.807) is 0 Å². The van der Waals surface area contributed by atoms with Gasteiger partial charge in [-0.15, -0.1) is 7.53 Å². The van der Waals surface area contributed by atoms with Gasteiger partial charge < -0.3 is 0 Å². The topological polar surface area (TPSA) is 99.5 Å². The molecule has 0 fully saturated rings. The van der Waals surface area contributed by atoms with Gasteiger partial charge in [-0.25, -0.2) is 0 Å². The van der Waals surface area contributed by atoms with Gasteiger partial charge in [-0.05, 0) is 18.3 Å². The van der Waals surface area contributed by atoms with Gasteiger partial charge in [0.05, 0.1) is 0 Å². The summed E-state index contributed by atoms with van der Waals surface area (Å²) in [6, 6.07) is 4.21. The summed E-state index contributed by atoms with van der Waals surface area (Å²) in [5.41, 5.74) is 0. The van der Waals surface area contributed by atoms with Crippen LogP contribution in [0.15, 0.2) is 23.7 Å². The van der Waals surface area contributed by atoms with Gasteiger partial charge in [0, 0.05) is 17.4 Å². The predicted octanol–water partition coefficient (Wildman–Crippen LogP) is 2.02. The molecule has 88 valence electrons. The minimum absolute atomic E-state index is 0. The number of rotatable bonds is 0. The zero-order valence-corrected chi connectivity index (χ0v) is 10.9. The summed E-state index contributed by atoms with van der Waals surface area (Å²) in [6.45, 7) is 24.7. The second-order valence-electron chi connectivity index (χ2n) is 1.35. The van der Waals surface area contributed by atoms with Gasteiger partial charge in [-0.1, -0.05) is 12.1 Å².